The van der Waals surface area contributed by atoms with Gasteiger partial charge in [-0.2, -0.15) is 0 Å². The van der Waals surface area contributed by atoms with Crippen molar-refractivity contribution in [3.05, 3.63) is 23.1 Å². The van der Waals surface area contributed by atoms with E-state index in [2.05, 4.69) is 10.6 Å². The number of amides is 1. The Labute approximate surface area is 87.6 Å². The lowest BCUT2D eigenvalue weighted by Crippen LogP contribution is -2.40. The molecule has 0 aliphatic heterocycles. The lowest BCUT2D eigenvalue weighted by atomic mass is 10.3. The number of hydrogen-bond donors (Lipinski definition) is 2. The van der Waals surface area contributed by atoms with Crippen molar-refractivity contribution in [1.29, 1.82) is 0 Å². The summed E-state index contributed by atoms with van der Waals surface area (Å²) in [7, 11) is 1.60. The van der Waals surface area contributed by atoms with Crippen LogP contribution >= 0.6 is 11.6 Å². The molecular formula is C9H13ClN2O2. The molecule has 0 fully saturated rings. The molecule has 1 unspecified atom stereocenters. The molecule has 1 heterocycles. The molecule has 1 aromatic heterocycles. The smallest absolute Gasteiger partial charge is 0.236 e. The van der Waals surface area contributed by atoms with Crippen LogP contribution in [0.2, 0.25) is 5.22 Å². The van der Waals surface area contributed by atoms with E-state index in [1.807, 2.05) is 0 Å². The summed E-state index contributed by atoms with van der Waals surface area (Å²) in [6, 6.07) is 3.19. The van der Waals surface area contributed by atoms with Gasteiger partial charge < -0.3 is 9.73 Å². The van der Waals surface area contributed by atoms with Crippen molar-refractivity contribution < 1.29 is 9.21 Å². The lowest BCUT2D eigenvalue weighted by molar-refractivity contribution is -0.122. The van der Waals surface area contributed by atoms with Crippen LogP contribution in [0.1, 0.15) is 12.7 Å². The van der Waals surface area contributed by atoms with Gasteiger partial charge in [-0.25, -0.2) is 0 Å². The third kappa shape index (κ3) is 3.05. The topological polar surface area (TPSA) is 54.3 Å². The Balaban J connectivity index is 2.37. The molecule has 1 aromatic rings. The second-order valence-electron chi connectivity index (χ2n) is 2.92. The summed E-state index contributed by atoms with van der Waals surface area (Å²) in [5.74, 6) is 0.661. The zero-order valence-electron chi connectivity index (χ0n) is 8.13. The molecule has 78 valence electrons. The fraction of sp³-hybridized carbons (Fsp3) is 0.444. The van der Waals surface area contributed by atoms with E-state index in [0.29, 0.717) is 17.5 Å². The fourth-order valence-electron chi connectivity index (χ4n) is 1.01. The minimum Gasteiger partial charge on any atom is -0.448 e. The van der Waals surface area contributed by atoms with Crippen molar-refractivity contribution in [3.63, 3.8) is 0 Å². The molecule has 0 radical (unpaired) electrons. The van der Waals surface area contributed by atoms with Gasteiger partial charge in [-0.15, -0.1) is 0 Å². The van der Waals surface area contributed by atoms with Gasteiger partial charge >= 0.3 is 0 Å². The monoisotopic (exact) mass is 216 g/mol. The molecule has 1 atom stereocenters. The van der Waals surface area contributed by atoms with Crippen LogP contribution in [-0.2, 0) is 11.3 Å². The molecule has 5 heteroatoms. The van der Waals surface area contributed by atoms with Crippen LogP contribution in [0.3, 0.4) is 0 Å². The molecule has 0 aliphatic rings. The van der Waals surface area contributed by atoms with Crippen molar-refractivity contribution in [2.75, 3.05) is 7.05 Å². The molecule has 1 amide bonds. The van der Waals surface area contributed by atoms with Crippen molar-refractivity contribution >= 4 is 17.5 Å². The molecule has 0 saturated heterocycles. The van der Waals surface area contributed by atoms with Gasteiger partial charge in [0.1, 0.15) is 5.76 Å². The Kier molecular flexibility index (Phi) is 3.98. The van der Waals surface area contributed by atoms with Crippen LogP contribution in [0.5, 0.6) is 0 Å². The molecule has 0 spiro atoms. The minimum absolute atomic E-state index is 0.0531. The summed E-state index contributed by atoms with van der Waals surface area (Å²) in [5.41, 5.74) is 0. The summed E-state index contributed by atoms with van der Waals surface area (Å²) < 4.78 is 5.12. The predicted molar refractivity (Wildman–Crippen MR) is 54.1 cm³/mol. The molecule has 4 nitrogen and oxygen atoms in total. The van der Waals surface area contributed by atoms with E-state index in [9.17, 15) is 4.79 Å². The Bertz CT molecular complexity index is 312. The van der Waals surface area contributed by atoms with Crippen LogP contribution in [0, 0.1) is 0 Å². The van der Waals surface area contributed by atoms with Crippen LogP contribution in [0.25, 0.3) is 0 Å². The Morgan fingerprint density at radius 1 is 1.64 bits per heavy atom. The number of halogens is 1. The van der Waals surface area contributed by atoms with E-state index in [1.165, 1.54) is 0 Å². The normalized spacial score (nSPS) is 12.5. The number of carbonyl (C=O) groups excluding carboxylic acids is 1. The third-order valence-electron chi connectivity index (χ3n) is 1.85. The van der Waals surface area contributed by atoms with E-state index < -0.39 is 0 Å². The second-order valence-corrected chi connectivity index (χ2v) is 3.30. The quantitative estimate of drug-likeness (QED) is 0.794. The first kappa shape index (κ1) is 11.1. The number of likely N-dealkylation sites (N-methyl/N-ethyl adjacent to an activating group) is 1. The number of nitrogens with one attached hydrogen (secondary N) is 2. The molecule has 0 saturated carbocycles. The van der Waals surface area contributed by atoms with Crippen molar-refractivity contribution in [3.8, 4) is 0 Å². The van der Waals surface area contributed by atoms with Gasteiger partial charge in [-0.05, 0) is 30.7 Å². The van der Waals surface area contributed by atoms with Crippen LogP contribution < -0.4 is 10.6 Å². The lowest BCUT2D eigenvalue weighted by Gasteiger charge is -2.10. The maximum Gasteiger partial charge on any atom is 0.236 e. The van der Waals surface area contributed by atoms with Crippen molar-refractivity contribution in [1.82, 2.24) is 10.6 Å². The van der Waals surface area contributed by atoms with Crippen LogP contribution in [0.4, 0.5) is 0 Å². The number of furan rings is 1. The fourth-order valence-corrected chi connectivity index (χ4v) is 1.17. The van der Waals surface area contributed by atoms with E-state index in [0.717, 1.165) is 0 Å². The van der Waals surface area contributed by atoms with Gasteiger partial charge in [0, 0.05) is 7.05 Å². The molecule has 0 bridgehead atoms. The highest BCUT2D eigenvalue weighted by molar-refractivity contribution is 6.28. The van der Waals surface area contributed by atoms with E-state index in [4.69, 9.17) is 16.0 Å². The Morgan fingerprint density at radius 3 is 2.86 bits per heavy atom. The van der Waals surface area contributed by atoms with Gasteiger partial charge in [0.05, 0.1) is 12.6 Å². The number of rotatable bonds is 4. The van der Waals surface area contributed by atoms with E-state index in [1.54, 1.807) is 26.1 Å². The Morgan fingerprint density at radius 2 is 2.36 bits per heavy atom. The highest BCUT2D eigenvalue weighted by Crippen LogP contribution is 2.12. The highest BCUT2D eigenvalue weighted by atomic mass is 35.5. The van der Waals surface area contributed by atoms with E-state index in [-0.39, 0.29) is 11.9 Å². The van der Waals surface area contributed by atoms with Crippen molar-refractivity contribution in [2.24, 2.45) is 0 Å². The van der Waals surface area contributed by atoms with Crippen molar-refractivity contribution in [2.45, 2.75) is 19.5 Å². The van der Waals surface area contributed by atoms with Gasteiger partial charge in [0.2, 0.25) is 5.91 Å². The van der Waals surface area contributed by atoms with Gasteiger partial charge in [0.25, 0.3) is 0 Å². The van der Waals surface area contributed by atoms with Gasteiger partial charge in [0.15, 0.2) is 5.22 Å². The molecule has 14 heavy (non-hydrogen) atoms. The molecule has 2 N–H and O–H groups in total. The van der Waals surface area contributed by atoms with Gasteiger partial charge in [-0.1, -0.05) is 0 Å². The SMILES string of the molecule is CNC(=O)C(C)NCc1ccc(Cl)o1. The highest BCUT2D eigenvalue weighted by Gasteiger charge is 2.10. The largest absolute Gasteiger partial charge is 0.448 e. The average Bonchev–Trinajstić information content (AvgIpc) is 2.59. The molecule has 1 rings (SSSR count). The maximum absolute atomic E-state index is 11.1. The first-order valence-corrected chi connectivity index (χ1v) is 4.70. The minimum atomic E-state index is -0.246. The zero-order chi connectivity index (χ0) is 10.6. The summed E-state index contributed by atoms with van der Waals surface area (Å²) >= 11 is 5.59. The van der Waals surface area contributed by atoms with Crippen LogP contribution in [0.15, 0.2) is 16.5 Å². The molecule has 0 aromatic carbocycles. The molecular weight excluding hydrogens is 204 g/mol. The summed E-state index contributed by atoms with van der Waals surface area (Å²) in [6.07, 6.45) is 0. The Hall–Kier alpha value is -1.00. The van der Waals surface area contributed by atoms with Gasteiger partial charge in [-0.3, -0.25) is 10.1 Å². The second kappa shape index (κ2) is 5.02. The molecule has 0 aliphatic carbocycles. The predicted octanol–water partition coefficient (Wildman–Crippen LogP) is 1.16. The number of hydrogen-bond acceptors (Lipinski definition) is 3. The zero-order valence-corrected chi connectivity index (χ0v) is 8.89. The summed E-state index contributed by atoms with van der Waals surface area (Å²) in [6.45, 7) is 2.27. The third-order valence-corrected chi connectivity index (χ3v) is 2.05. The summed E-state index contributed by atoms with van der Waals surface area (Å²) in [4.78, 5) is 11.1. The average molecular weight is 217 g/mol. The first-order valence-electron chi connectivity index (χ1n) is 4.32. The summed E-state index contributed by atoms with van der Waals surface area (Å²) in [5, 5.41) is 5.90. The van der Waals surface area contributed by atoms with Crippen LogP contribution in [-0.4, -0.2) is 19.0 Å². The number of carbonyl (C=O) groups is 1. The standard InChI is InChI=1S/C9H13ClN2O2/c1-6(9(13)11-2)12-5-7-3-4-8(10)14-7/h3-4,6,12H,5H2,1-2H3,(H,11,13). The first-order chi connectivity index (χ1) is 6.63. The van der Waals surface area contributed by atoms with E-state index >= 15 is 0 Å². The maximum atomic E-state index is 11.1.